The van der Waals surface area contributed by atoms with E-state index in [4.69, 9.17) is 19.9 Å². The van der Waals surface area contributed by atoms with Crippen LogP contribution in [-0.4, -0.2) is 32.0 Å². The van der Waals surface area contributed by atoms with Crippen LogP contribution < -0.4 is 10.5 Å². The van der Waals surface area contributed by atoms with Crippen molar-refractivity contribution < 1.29 is 14.2 Å². The van der Waals surface area contributed by atoms with Gasteiger partial charge < -0.3 is 19.9 Å². The van der Waals surface area contributed by atoms with E-state index in [-0.39, 0.29) is 11.6 Å². The normalized spacial score (nSPS) is 23.3. The van der Waals surface area contributed by atoms with E-state index in [2.05, 4.69) is 12.1 Å². The number of ether oxygens (including phenoxy) is 3. The Morgan fingerprint density at radius 2 is 2.05 bits per heavy atom. The molecule has 2 N–H and O–H groups in total. The second kappa shape index (κ2) is 5.72. The Balaban J connectivity index is 1.78. The summed E-state index contributed by atoms with van der Waals surface area (Å²) in [4.78, 5) is 0. The van der Waals surface area contributed by atoms with Crippen LogP contribution in [0.15, 0.2) is 24.3 Å². The van der Waals surface area contributed by atoms with Gasteiger partial charge in [0, 0.05) is 33.2 Å². The maximum atomic E-state index is 6.49. The summed E-state index contributed by atoms with van der Waals surface area (Å²) in [5.41, 5.74) is 7.25. The standard InChI is InChI=1S/C16H23NO3/c1-18-16(7-9-19-10-8-16)15(17)12-3-2-4-14(11-12)20-13-5-6-13/h2-4,11,13,15H,5-10,17H2,1H3. The monoisotopic (exact) mass is 277 g/mol. The maximum absolute atomic E-state index is 6.49. The van der Waals surface area contributed by atoms with Crippen molar-refractivity contribution in [1.82, 2.24) is 0 Å². The number of nitrogens with two attached hydrogens (primary N) is 1. The van der Waals surface area contributed by atoms with Crippen molar-refractivity contribution in [1.29, 1.82) is 0 Å². The van der Waals surface area contributed by atoms with Gasteiger partial charge in [-0.05, 0) is 30.5 Å². The third-order valence-corrected chi connectivity index (χ3v) is 4.36. The molecule has 20 heavy (non-hydrogen) atoms. The van der Waals surface area contributed by atoms with E-state index in [0.717, 1.165) is 37.0 Å². The van der Waals surface area contributed by atoms with E-state index in [9.17, 15) is 0 Å². The first-order valence-corrected chi connectivity index (χ1v) is 7.39. The predicted octanol–water partition coefficient (Wildman–Crippen LogP) is 2.42. The summed E-state index contributed by atoms with van der Waals surface area (Å²) >= 11 is 0. The van der Waals surface area contributed by atoms with Gasteiger partial charge in [-0.1, -0.05) is 12.1 Å². The highest BCUT2D eigenvalue weighted by molar-refractivity contribution is 5.32. The first-order chi connectivity index (χ1) is 9.73. The van der Waals surface area contributed by atoms with Gasteiger partial charge in [-0.15, -0.1) is 0 Å². The molecule has 0 aromatic heterocycles. The molecule has 1 aromatic rings. The summed E-state index contributed by atoms with van der Waals surface area (Å²) < 4.78 is 17.1. The number of hydrogen-bond donors (Lipinski definition) is 1. The SMILES string of the molecule is COC1(C(N)c2cccc(OC3CC3)c2)CCOCC1. The fourth-order valence-corrected chi connectivity index (χ4v) is 2.82. The lowest BCUT2D eigenvalue weighted by Crippen LogP contribution is -2.47. The molecular formula is C16H23NO3. The summed E-state index contributed by atoms with van der Waals surface area (Å²) in [5.74, 6) is 0.916. The average molecular weight is 277 g/mol. The van der Waals surface area contributed by atoms with E-state index >= 15 is 0 Å². The topological polar surface area (TPSA) is 53.7 Å². The van der Waals surface area contributed by atoms with Crippen LogP contribution in [0, 0.1) is 0 Å². The fourth-order valence-electron chi connectivity index (χ4n) is 2.82. The van der Waals surface area contributed by atoms with Crippen molar-refractivity contribution in [2.45, 2.75) is 43.4 Å². The minimum absolute atomic E-state index is 0.154. The quantitative estimate of drug-likeness (QED) is 0.898. The summed E-state index contributed by atoms with van der Waals surface area (Å²) in [6.07, 6.45) is 4.39. The molecule has 0 bridgehead atoms. The molecule has 1 unspecified atom stereocenters. The van der Waals surface area contributed by atoms with Gasteiger partial charge >= 0.3 is 0 Å². The molecule has 110 valence electrons. The fraction of sp³-hybridized carbons (Fsp3) is 0.625. The Bertz CT molecular complexity index is 453. The molecule has 1 heterocycles. The molecule has 1 aliphatic carbocycles. The first kappa shape index (κ1) is 13.9. The van der Waals surface area contributed by atoms with Crippen LogP contribution in [0.1, 0.15) is 37.3 Å². The Labute approximate surface area is 120 Å². The van der Waals surface area contributed by atoms with Crippen LogP contribution in [0.2, 0.25) is 0 Å². The van der Waals surface area contributed by atoms with Crippen molar-refractivity contribution in [3.63, 3.8) is 0 Å². The molecule has 1 aromatic carbocycles. The molecule has 0 amide bonds. The van der Waals surface area contributed by atoms with E-state index < -0.39 is 0 Å². The molecule has 1 aliphatic heterocycles. The van der Waals surface area contributed by atoms with Crippen LogP contribution in [0.4, 0.5) is 0 Å². The zero-order chi connectivity index (χ0) is 14.0. The highest BCUT2D eigenvalue weighted by Gasteiger charge is 2.39. The van der Waals surface area contributed by atoms with Crippen LogP contribution in [0.25, 0.3) is 0 Å². The molecule has 2 aliphatic rings. The smallest absolute Gasteiger partial charge is 0.120 e. The molecule has 1 saturated carbocycles. The van der Waals surface area contributed by atoms with Crippen molar-refractivity contribution >= 4 is 0 Å². The summed E-state index contributed by atoms with van der Waals surface area (Å²) in [5, 5.41) is 0. The van der Waals surface area contributed by atoms with Gasteiger partial charge in [0.1, 0.15) is 5.75 Å². The van der Waals surface area contributed by atoms with Gasteiger partial charge in [0.2, 0.25) is 0 Å². The molecule has 0 spiro atoms. The highest BCUT2D eigenvalue weighted by atomic mass is 16.5. The van der Waals surface area contributed by atoms with E-state index in [1.165, 1.54) is 0 Å². The van der Waals surface area contributed by atoms with E-state index in [1.54, 1.807) is 7.11 Å². The second-order valence-corrected chi connectivity index (χ2v) is 5.75. The molecular weight excluding hydrogens is 254 g/mol. The van der Waals surface area contributed by atoms with Crippen molar-refractivity contribution in [3.8, 4) is 5.75 Å². The lowest BCUT2D eigenvalue weighted by atomic mass is 9.82. The minimum atomic E-state index is -0.323. The molecule has 2 fully saturated rings. The lowest BCUT2D eigenvalue weighted by molar-refractivity contribution is -0.105. The third-order valence-electron chi connectivity index (χ3n) is 4.36. The molecule has 1 atom stereocenters. The van der Waals surface area contributed by atoms with Crippen molar-refractivity contribution in [3.05, 3.63) is 29.8 Å². The Morgan fingerprint density at radius 1 is 1.30 bits per heavy atom. The van der Waals surface area contributed by atoms with Crippen LogP contribution >= 0.6 is 0 Å². The van der Waals surface area contributed by atoms with Gasteiger partial charge in [0.25, 0.3) is 0 Å². The average Bonchev–Trinajstić information content (AvgIpc) is 3.31. The molecule has 4 heteroatoms. The number of benzene rings is 1. The van der Waals surface area contributed by atoms with Crippen LogP contribution in [0.3, 0.4) is 0 Å². The highest BCUT2D eigenvalue weighted by Crippen LogP contribution is 2.37. The summed E-state index contributed by atoms with van der Waals surface area (Å²) in [6.45, 7) is 1.42. The molecule has 0 radical (unpaired) electrons. The van der Waals surface area contributed by atoms with Crippen molar-refractivity contribution in [2.24, 2.45) is 5.73 Å². The van der Waals surface area contributed by atoms with Crippen molar-refractivity contribution in [2.75, 3.05) is 20.3 Å². The Hall–Kier alpha value is -1.10. The number of rotatable bonds is 5. The third kappa shape index (κ3) is 2.82. The molecule has 1 saturated heterocycles. The number of methoxy groups -OCH3 is 1. The maximum Gasteiger partial charge on any atom is 0.120 e. The van der Waals surface area contributed by atoms with Gasteiger partial charge in [0.05, 0.1) is 17.7 Å². The Morgan fingerprint density at radius 3 is 2.70 bits per heavy atom. The van der Waals surface area contributed by atoms with Crippen LogP contribution in [0.5, 0.6) is 5.75 Å². The zero-order valence-corrected chi connectivity index (χ0v) is 12.0. The summed E-state index contributed by atoms with van der Waals surface area (Å²) in [7, 11) is 1.75. The predicted molar refractivity (Wildman–Crippen MR) is 76.8 cm³/mol. The van der Waals surface area contributed by atoms with Gasteiger partial charge in [-0.2, -0.15) is 0 Å². The van der Waals surface area contributed by atoms with Gasteiger partial charge in [0.15, 0.2) is 0 Å². The van der Waals surface area contributed by atoms with Gasteiger partial charge in [-0.3, -0.25) is 0 Å². The second-order valence-electron chi connectivity index (χ2n) is 5.75. The van der Waals surface area contributed by atoms with Crippen LogP contribution in [-0.2, 0) is 9.47 Å². The van der Waals surface area contributed by atoms with E-state index in [1.807, 2.05) is 12.1 Å². The minimum Gasteiger partial charge on any atom is -0.490 e. The largest absolute Gasteiger partial charge is 0.490 e. The number of hydrogen-bond acceptors (Lipinski definition) is 4. The molecule has 3 rings (SSSR count). The zero-order valence-electron chi connectivity index (χ0n) is 12.0. The molecule has 4 nitrogen and oxygen atoms in total. The van der Waals surface area contributed by atoms with Gasteiger partial charge in [-0.25, -0.2) is 0 Å². The first-order valence-electron chi connectivity index (χ1n) is 7.39. The van der Waals surface area contributed by atoms with E-state index in [0.29, 0.717) is 19.3 Å². The Kier molecular flexibility index (Phi) is 3.96. The summed E-state index contributed by atoms with van der Waals surface area (Å²) in [6, 6.07) is 7.96. The lowest BCUT2D eigenvalue weighted by Gasteiger charge is -2.40.